The number of aromatic nitrogens is 3. The Labute approximate surface area is 321 Å². The Balaban J connectivity index is 1.05. The summed E-state index contributed by atoms with van der Waals surface area (Å²) in [6.45, 7) is 0. The molecule has 0 radical (unpaired) electrons. The molecule has 0 saturated heterocycles. The highest BCUT2D eigenvalue weighted by Gasteiger charge is 2.16. The number of benzene rings is 9. The van der Waals surface area contributed by atoms with Gasteiger partial charge in [-0.1, -0.05) is 158 Å². The molecule has 0 fully saturated rings. The molecule has 0 aliphatic heterocycles. The first-order valence-corrected chi connectivity index (χ1v) is 19.3. The van der Waals surface area contributed by atoms with E-state index in [-0.39, 0.29) is 0 Å². The number of fused-ring (bicyclic) bond motifs is 9. The molecular formula is C51H31N3S. The SMILES string of the molecule is c1ccc(-c2nc(-c3ccccc3)nc(-c3ccc4c5ccccc5c5cc(-c6cccc(-c7ccc8c(c7)sc7ccccc78)c6)ccc5c4c3)n2)cc1. The third kappa shape index (κ3) is 5.46. The fourth-order valence-corrected chi connectivity index (χ4v) is 9.14. The molecule has 0 aliphatic rings. The molecule has 0 amide bonds. The largest absolute Gasteiger partial charge is 0.208 e. The van der Waals surface area contributed by atoms with Crippen molar-refractivity contribution in [1.82, 2.24) is 15.0 Å². The van der Waals surface area contributed by atoms with Crippen LogP contribution in [0.2, 0.25) is 0 Å². The van der Waals surface area contributed by atoms with Gasteiger partial charge in [-0.3, -0.25) is 0 Å². The first-order valence-electron chi connectivity index (χ1n) is 18.5. The zero-order valence-electron chi connectivity index (χ0n) is 29.6. The van der Waals surface area contributed by atoms with Gasteiger partial charge in [-0.2, -0.15) is 0 Å². The minimum Gasteiger partial charge on any atom is -0.208 e. The first kappa shape index (κ1) is 31.5. The maximum Gasteiger partial charge on any atom is 0.164 e. The van der Waals surface area contributed by atoms with Gasteiger partial charge in [0.2, 0.25) is 0 Å². The molecular weight excluding hydrogens is 687 g/mol. The highest BCUT2D eigenvalue weighted by molar-refractivity contribution is 7.25. The molecule has 0 N–H and O–H groups in total. The van der Waals surface area contributed by atoms with Crippen LogP contribution in [0.5, 0.6) is 0 Å². The normalized spacial score (nSPS) is 11.6. The van der Waals surface area contributed by atoms with Gasteiger partial charge in [-0.25, -0.2) is 15.0 Å². The average molecular weight is 718 g/mol. The highest BCUT2D eigenvalue weighted by atomic mass is 32.1. The van der Waals surface area contributed by atoms with E-state index in [4.69, 9.17) is 15.0 Å². The summed E-state index contributed by atoms with van der Waals surface area (Å²) in [5.41, 5.74) is 7.70. The number of nitrogens with zero attached hydrogens (tertiary/aromatic N) is 3. The molecule has 11 rings (SSSR count). The van der Waals surface area contributed by atoms with Gasteiger partial charge in [0.1, 0.15) is 0 Å². The molecule has 2 heterocycles. The molecule has 0 aliphatic carbocycles. The first-order chi connectivity index (χ1) is 27.2. The van der Waals surface area contributed by atoms with Crippen LogP contribution in [0.15, 0.2) is 188 Å². The third-order valence-electron chi connectivity index (χ3n) is 10.7. The average Bonchev–Trinajstić information content (AvgIpc) is 3.65. The Morgan fingerprint density at radius 2 is 0.636 bits per heavy atom. The Morgan fingerprint density at radius 3 is 1.29 bits per heavy atom. The van der Waals surface area contributed by atoms with Gasteiger partial charge in [0.15, 0.2) is 17.5 Å². The predicted molar refractivity (Wildman–Crippen MR) is 232 cm³/mol. The minimum absolute atomic E-state index is 0.651. The van der Waals surface area contributed by atoms with Crippen molar-refractivity contribution in [2.24, 2.45) is 0 Å². The molecule has 0 unspecified atom stereocenters. The van der Waals surface area contributed by atoms with Crippen LogP contribution in [0.4, 0.5) is 0 Å². The highest BCUT2D eigenvalue weighted by Crippen LogP contribution is 2.40. The molecule has 0 bridgehead atoms. The second-order valence-corrected chi connectivity index (χ2v) is 15.1. The Bertz CT molecular complexity index is 3200. The lowest BCUT2D eigenvalue weighted by molar-refractivity contribution is 1.07. The lowest BCUT2D eigenvalue weighted by Gasteiger charge is -2.14. The molecule has 3 nitrogen and oxygen atoms in total. The van der Waals surface area contributed by atoms with Crippen LogP contribution in [-0.2, 0) is 0 Å². The topological polar surface area (TPSA) is 38.7 Å². The van der Waals surface area contributed by atoms with E-state index >= 15 is 0 Å². The zero-order chi connectivity index (χ0) is 36.3. The van der Waals surface area contributed by atoms with Crippen LogP contribution in [0.1, 0.15) is 0 Å². The summed E-state index contributed by atoms with van der Waals surface area (Å²) in [4.78, 5) is 15.0. The fourth-order valence-electron chi connectivity index (χ4n) is 8.00. The van der Waals surface area contributed by atoms with E-state index in [2.05, 4.69) is 127 Å². The summed E-state index contributed by atoms with van der Waals surface area (Å²) in [6, 6.07) is 67.1. The molecule has 55 heavy (non-hydrogen) atoms. The van der Waals surface area contributed by atoms with Gasteiger partial charge >= 0.3 is 0 Å². The monoisotopic (exact) mass is 717 g/mol. The van der Waals surface area contributed by atoms with E-state index in [1.807, 2.05) is 72.0 Å². The molecule has 9 aromatic carbocycles. The Kier molecular flexibility index (Phi) is 7.35. The van der Waals surface area contributed by atoms with Gasteiger partial charge in [-0.15, -0.1) is 11.3 Å². The van der Waals surface area contributed by atoms with E-state index in [9.17, 15) is 0 Å². The molecule has 0 spiro atoms. The fraction of sp³-hybridized carbons (Fsp3) is 0. The van der Waals surface area contributed by atoms with Crippen LogP contribution in [0, 0.1) is 0 Å². The molecule has 256 valence electrons. The zero-order valence-corrected chi connectivity index (χ0v) is 30.5. The van der Waals surface area contributed by atoms with Crippen LogP contribution >= 0.6 is 11.3 Å². The summed E-state index contributed by atoms with van der Waals surface area (Å²) in [6.07, 6.45) is 0. The van der Waals surface area contributed by atoms with Crippen molar-refractivity contribution in [3.05, 3.63) is 188 Å². The van der Waals surface area contributed by atoms with E-state index in [1.165, 1.54) is 74.7 Å². The number of rotatable bonds is 5. The maximum absolute atomic E-state index is 5.04. The van der Waals surface area contributed by atoms with Crippen molar-refractivity contribution < 1.29 is 0 Å². The number of hydrogen-bond acceptors (Lipinski definition) is 4. The van der Waals surface area contributed by atoms with E-state index in [1.54, 1.807) is 0 Å². The van der Waals surface area contributed by atoms with Crippen molar-refractivity contribution in [2.45, 2.75) is 0 Å². The van der Waals surface area contributed by atoms with Crippen LogP contribution in [0.25, 0.3) is 109 Å². The predicted octanol–water partition coefficient (Wildman–Crippen LogP) is 14.0. The van der Waals surface area contributed by atoms with Crippen LogP contribution < -0.4 is 0 Å². The number of thiophene rings is 1. The van der Waals surface area contributed by atoms with E-state index in [0.29, 0.717) is 17.5 Å². The summed E-state index contributed by atoms with van der Waals surface area (Å²) in [7, 11) is 0. The molecule has 4 heteroatoms. The van der Waals surface area contributed by atoms with Gasteiger partial charge in [0, 0.05) is 36.9 Å². The Morgan fingerprint density at radius 1 is 0.236 bits per heavy atom. The second kappa shape index (κ2) is 12.8. The molecule has 0 atom stereocenters. The molecule has 11 aromatic rings. The lowest BCUT2D eigenvalue weighted by atomic mass is 9.90. The molecule has 0 saturated carbocycles. The minimum atomic E-state index is 0.651. The van der Waals surface area contributed by atoms with Crippen molar-refractivity contribution in [3.8, 4) is 56.4 Å². The standard InChI is InChI=1S/C51H31N3S/c1-3-12-32(13-4-1)49-52-50(33-14-5-2-6-15-33)54-51(53-49)38-24-26-41-39-18-7-8-19-40(39)45-29-36(22-25-42(45)46(41)30-38)34-16-11-17-35(28-34)37-23-27-44-43-20-9-10-21-47(43)55-48(44)31-37/h1-31H. The van der Waals surface area contributed by atoms with Gasteiger partial charge < -0.3 is 0 Å². The molecule has 2 aromatic heterocycles. The van der Waals surface area contributed by atoms with Crippen molar-refractivity contribution in [3.63, 3.8) is 0 Å². The smallest absolute Gasteiger partial charge is 0.164 e. The quantitative estimate of drug-likeness (QED) is 0.166. The van der Waals surface area contributed by atoms with Gasteiger partial charge in [0.05, 0.1) is 0 Å². The van der Waals surface area contributed by atoms with Gasteiger partial charge in [0.25, 0.3) is 0 Å². The summed E-state index contributed by atoms with van der Waals surface area (Å²) >= 11 is 1.86. The van der Waals surface area contributed by atoms with Crippen molar-refractivity contribution in [2.75, 3.05) is 0 Å². The van der Waals surface area contributed by atoms with Crippen LogP contribution in [-0.4, -0.2) is 15.0 Å². The van der Waals surface area contributed by atoms with Crippen molar-refractivity contribution in [1.29, 1.82) is 0 Å². The van der Waals surface area contributed by atoms with Gasteiger partial charge in [-0.05, 0) is 84.9 Å². The van der Waals surface area contributed by atoms with E-state index in [0.717, 1.165) is 16.7 Å². The van der Waals surface area contributed by atoms with Crippen molar-refractivity contribution >= 4 is 63.8 Å². The summed E-state index contributed by atoms with van der Waals surface area (Å²) < 4.78 is 2.64. The maximum atomic E-state index is 5.04. The summed E-state index contributed by atoms with van der Waals surface area (Å²) in [5.74, 6) is 1.96. The van der Waals surface area contributed by atoms with E-state index < -0.39 is 0 Å². The second-order valence-electron chi connectivity index (χ2n) is 14.0. The summed E-state index contributed by atoms with van der Waals surface area (Å²) in [5, 5.41) is 9.92. The number of hydrogen-bond donors (Lipinski definition) is 0. The lowest BCUT2D eigenvalue weighted by Crippen LogP contribution is -2.00. The third-order valence-corrected chi connectivity index (χ3v) is 11.8. The Hall–Kier alpha value is -7.01. The van der Waals surface area contributed by atoms with Crippen LogP contribution in [0.3, 0.4) is 0 Å².